The number of cyclic esters (lactones) is 1. The first-order chi connectivity index (χ1) is 12.1. The van der Waals surface area contributed by atoms with E-state index in [1.54, 1.807) is 0 Å². The molecule has 2 amide bonds. The molecule has 0 aliphatic carbocycles. The lowest BCUT2D eigenvalue weighted by Crippen LogP contribution is -2.46. The summed E-state index contributed by atoms with van der Waals surface area (Å²) >= 11 is 0. The average Bonchev–Trinajstić information content (AvgIpc) is 3.10. The maximum Gasteiger partial charge on any atom is 0.410 e. The van der Waals surface area contributed by atoms with E-state index in [4.69, 9.17) is 9.47 Å². The molecule has 2 aliphatic rings. The number of nitrogens with one attached hydrogen (secondary N) is 1. The van der Waals surface area contributed by atoms with Gasteiger partial charge in [-0.15, -0.1) is 0 Å². The largest absolute Gasteiger partial charge is 0.462 e. The van der Waals surface area contributed by atoms with Crippen molar-refractivity contribution in [3.8, 4) is 0 Å². The van der Waals surface area contributed by atoms with Crippen LogP contribution in [0.3, 0.4) is 0 Å². The minimum Gasteiger partial charge on any atom is -0.462 e. The summed E-state index contributed by atoms with van der Waals surface area (Å²) in [5.74, 6) is -0.762. The molecular formula is C18H20N2O5. The summed E-state index contributed by atoms with van der Waals surface area (Å²) in [6.45, 7) is 0.896. The normalized spacial score (nSPS) is 19.8. The van der Waals surface area contributed by atoms with Crippen LogP contribution in [0.15, 0.2) is 42.1 Å². The topological polar surface area (TPSA) is 84.9 Å². The van der Waals surface area contributed by atoms with Crippen molar-refractivity contribution in [3.05, 3.63) is 47.7 Å². The zero-order valence-corrected chi connectivity index (χ0v) is 13.8. The second-order valence-corrected chi connectivity index (χ2v) is 5.97. The van der Waals surface area contributed by atoms with Crippen molar-refractivity contribution in [3.63, 3.8) is 0 Å². The summed E-state index contributed by atoms with van der Waals surface area (Å²) in [7, 11) is 0. The van der Waals surface area contributed by atoms with Crippen molar-refractivity contribution >= 4 is 18.0 Å². The van der Waals surface area contributed by atoms with Crippen molar-refractivity contribution in [1.29, 1.82) is 0 Å². The Morgan fingerprint density at radius 2 is 2.08 bits per heavy atom. The monoisotopic (exact) mass is 344 g/mol. The molecule has 2 heterocycles. The minimum absolute atomic E-state index is 0.168. The molecule has 7 heteroatoms. The molecule has 1 unspecified atom stereocenters. The molecule has 0 spiro atoms. The molecule has 3 rings (SSSR count). The molecule has 1 atom stereocenters. The predicted molar refractivity (Wildman–Crippen MR) is 88.2 cm³/mol. The Morgan fingerprint density at radius 3 is 2.84 bits per heavy atom. The third-order valence-corrected chi connectivity index (χ3v) is 4.19. The second-order valence-electron chi connectivity index (χ2n) is 5.97. The maximum atomic E-state index is 12.5. The van der Waals surface area contributed by atoms with E-state index in [1.165, 1.54) is 11.0 Å². The van der Waals surface area contributed by atoms with Crippen molar-refractivity contribution in [2.75, 3.05) is 13.2 Å². The van der Waals surface area contributed by atoms with E-state index in [0.29, 0.717) is 25.1 Å². The molecule has 7 nitrogen and oxygen atoms in total. The van der Waals surface area contributed by atoms with Crippen molar-refractivity contribution < 1.29 is 23.9 Å². The van der Waals surface area contributed by atoms with Gasteiger partial charge in [-0.3, -0.25) is 9.69 Å². The number of rotatable bonds is 4. The van der Waals surface area contributed by atoms with Gasteiger partial charge in [-0.05, 0) is 18.4 Å². The number of benzene rings is 1. The third-order valence-electron chi connectivity index (χ3n) is 4.19. The number of nitrogens with zero attached hydrogens (tertiary/aromatic N) is 1. The van der Waals surface area contributed by atoms with E-state index in [2.05, 4.69) is 5.32 Å². The fourth-order valence-corrected chi connectivity index (χ4v) is 2.92. The number of hydrogen-bond donors (Lipinski definition) is 1. The first kappa shape index (κ1) is 17.0. The van der Waals surface area contributed by atoms with Crippen LogP contribution in [0.5, 0.6) is 0 Å². The molecule has 1 aromatic rings. The number of carbonyl (C=O) groups is 3. The van der Waals surface area contributed by atoms with Gasteiger partial charge in [0, 0.05) is 24.7 Å². The summed E-state index contributed by atoms with van der Waals surface area (Å²) < 4.78 is 10.1. The number of hydrogen-bond acceptors (Lipinski definition) is 5. The van der Waals surface area contributed by atoms with Crippen LogP contribution in [0.2, 0.25) is 0 Å². The van der Waals surface area contributed by atoms with Gasteiger partial charge in [0.1, 0.15) is 12.6 Å². The lowest BCUT2D eigenvalue weighted by atomic mass is 10.2. The standard InChI is InChI=1S/C18H20N2O5/c21-16-11-14(8-10-24-16)19-17(22)15-7-4-9-20(15)18(23)25-12-13-5-2-1-3-6-13/h1-3,5-6,11,15H,4,7-10,12H2,(H,19,22). The highest BCUT2D eigenvalue weighted by molar-refractivity contribution is 5.89. The number of ether oxygens (including phenoxy) is 2. The van der Waals surface area contributed by atoms with Gasteiger partial charge in [-0.25, -0.2) is 9.59 Å². The molecule has 0 radical (unpaired) electrons. The van der Waals surface area contributed by atoms with Gasteiger partial charge in [0.2, 0.25) is 5.91 Å². The van der Waals surface area contributed by atoms with E-state index in [-0.39, 0.29) is 19.1 Å². The van der Waals surface area contributed by atoms with E-state index in [1.807, 2.05) is 30.3 Å². The molecule has 0 aromatic heterocycles. The zero-order valence-electron chi connectivity index (χ0n) is 13.8. The lowest BCUT2D eigenvalue weighted by Gasteiger charge is -2.24. The van der Waals surface area contributed by atoms with Crippen LogP contribution in [0, 0.1) is 0 Å². The van der Waals surface area contributed by atoms with Gasteiger partial charge >= 0.3 is 12.1 Å². The molecular weight excluding hydrogens is 324 g/mol. The molecule has 1 N–H and O–H groups in total. The highest BCUT2D eigenvalue weighted by atomic mass is 16.6. The van der Waals surface area contributed by atoms with E-state index in [0.717, 1.165) is 12.0 Å². The van der Waals surface area contributed by atoms with Crippen molar-refractivity contribution in [2.24, 2.45) is 0 Å². The van der Waals surface area contributed by atoms with Crippen LogP contribution in [0.25, 0.3) is 0 Å². The maximum absolute atomic E-state index is 12.5. The highest BCUT2D eigenvalue weighted by Gasteiger charge is 2.35. The van der Waals surface area contributed by atoms with Crippen molar-refractivity contribution in [1.82, 2.24) is 10.2 Å². The van der Waals surface area contributed by atoms with Crippen LogP contribution in [-0.4, -0.2) is 42.1 Å². The van der Waals surface area contributed by atoms with Gasteiger partial charge in [0.15, 0.2) is 0 Å². The zero-order chi connectivity index (χ0) is 17.6. The van der Waals surface area contributed by atoms with Crippen molar-refractivity contribution in [2.45, 2.75) is 31.9 Å². The molecule has 1 fully saturated rings. The Bertz CT molecular complexity index is 686. The van der Waals surface area contributed by atoms with Crippen LogP contribution in [-0.2, 0) is 25.7 Å². The SMILES string of the molecule is O=C1C=C(NC(=O)C2CCCN2C(=O)OCc2ccccc2)CCO1. The number of amides is 2. The van der Waals surface area contributed by atoms with Gasteiger partial charge in [-0.2, -0.15) is 0 Å². The summed E-state index contributed by atoms with van der Waals surface area (Å²) in [6.07, 6.45) is 2.54. The Hall–Kier alpha value is -2.83. The Kier molecular flexibility index (Phi) is 5.33. The second kappa shape index (κ2) is 7.83. The molecule has 0 bridgehead atoms. The summed E-state index contributed by atoms with van der Waals surface area (Å²) in [5, 5.41) is 2.72. The summed E-state index contributed by atoms with van der Waals surface area (Å²) in [6, 6.07) is 8.80. The summed E-state index contributed by atoms with van der Waals surface area (Å²) in [5.41, 5.74) is 1.41. The van der Waals surface area contributed by atoms with Gasteiger partial charge in [-0.1, -0.05) is 30.3 Å². The first-order valence-electron chi connectivity index (χ1n) is 8.29. The lowest BCUT2D eigenvalue weighted by molar-refractivity contribution is -0.138. The summed E-state index contributed by atoms with van der Waals surface area (Å²) in [4.78, 5) is 37.4. The molecule has 0 saturated carbocycles. The molecule has 2 aliphatic heterocycles. The van der Waals surface area contributed by atoms with E-state index < -0.39 is 18.1 Å². The third kappa shape index (κ3) is 4.37. The number of esters is 1. The molecule has 1 aromatic carbocycles. The fourth-order valence-electron chi connectivity index (χ4n) is 2.92. The van der Waals surface area contributed by atoms with Crippen LogP contribution >= 0.6 is 0 Å². The van der Waals surface area contributed by atoms with Gasteiger partial charge in [0.05, 0.1) is 6.61 Å². The predicted octanol–water partition coefficient (Wildman–Crippen LogP) is 1.73. The Balaban J connectivity index is 1.56. The molecule has 1 saturated heterocycles. The van der Waals surface area contributed by atoms with E-state index >= 15 is 0 Å². The Morgan fingerprint density at radius 1 is 1.28 bits per heavy atom. The van der Waals surface area contributed by atoms with Crippen LogP contribution in [0.4, 0.5) is 4.79 Å². The number of carbonyl (C=O) groups excluding carboxylic acids is 3. The van der Waals surface area contributed by atoms with Gasteiger partial charge in [0.25, 0.3) is 0 Å². The highest BCUT2D eigenvalue weighted by Crippen LogP contribution is 2.20. The quantitative estimate of drug-likeness (QED) is 0.841. The van der Waals surface area contributed by atoms with Gasteiger partial charge < -0.3 is 14.8 Å². The smallest absolute Gasteiger partial charge is 0.410 e. The molecule has 132 valence electrons. The number of likely N-dealkylation sites (tertiary alicyclic amines) is 1. The molecule has 25 heavy (non-hydrogen) atoms. The van der Waals surface area contributed by atoms with Crippen LogP contribution < -0.4 is 5.32 Å². The first-order valence-corrected chi connectivity index (χ1v) is 8.29. The minimum atomic E-state index is -0.581. The fraction of sp³-hybridized carbons (Fsp3) is 0.389. The average molecular weight is 344 g/mol. The Labute approximate surface area is 145 Å². The van der Waals surface area contributed by atoms with Crippen LogP contribution in [0.1, 0.15) is 24.8 Å². The van der Waals surface area contributed by atoms with E-state index in [9.17, 15) is 14.4 Å².